The van der Waals surface area contributed by atoms with Crippen molar-refractivity contribution in [3.8, 4) is 0 Å². The van der Waals surface area contributed by atoms with Crippen molar-refractivity contribution in [3.05, 3.63) is 70.6 Å². The van der Waals surface area contributed by atoms with Crippen LogP contribution < -0.4 is 0 Å². The van der Waals surface area contributed by atoms with Crippen molar-refractivity contribution in [2.45, 2.75) is 6.42 Å². The van der Waals surface area contributed by atoms with Crippen molar-refractivity contribution < 1.29 is 0 Å². The zero-order valence-corrected chi connectivity index (χ0v) is 9.45. The Morgan fingerprint density at radius 1 is 1.06 bits per heavy atom. The molecule has 0 aliphatic carbocycles. The third-order valence-corrected chi connectivity index (χ3v) is 2.63. The van der Waals surface area contributed by atoms with Crippen molar-refractivity contribution in [1.29, 1.82) is 0 Å². The summed E-state index contributed by atoms with van der Waals surface area (Å²) in [6.07, 6.45) is 4.79. The average Bonchev–Trinajstić information content (AvgIpc) is 2.39. The van der Waals surface area contributed by atoms with Crippen LogP contribution in [0.25, 0.3) is 21.2 Å². The summed E-state index contributed by atoms with van der Waals surface area (Å²) in [5, 5.41) is 6.00. The van der Waals surface area contributed by atoms with Crippen molar-refractivity contribution in [2.24, 2.45) is 5.11 Å². The Morgan fingerprint density at radius 2 is 1.88 bits per heavy atom. The van der Waals surface area contributed by atoms with E-state index in [2.05, 4.69) is 46.4 Å². The van der Waals surface area contributed by atoms with Gasteiger partial charge in [-0.05, 0) is 28.3 Å². The normalized spacial score (nSPS) is 10.6. The molecule has 0 bridgehead atoms. The van der Waals surface area contributed by atoms with E-state index < -0.39 is 0 Å². The number of fused-ring (bicyclic) bond motifs is 1. The highest BCUT2D eigenvalue weighted by Gasteiger charge is 1.97. The van der Waals surface area contributed by atoms with Gasteiger partial charge in [0, 0.05) is 11.5 Å². The van der Waals surface area contributed by atoms with E-state index in [1.54, 1.807) is 0 Å². The lowest BCUT2D eigenvalue weighted by Crippen LogP contribution is -1.84. The number of allylic oxidation sites excluding steroid dienone is 1. The molecule has 0 heterocycles. The van der Waals surface area contributed by atoms with Crippen LogP contribution in [0.4, 0.5) is 0 Å². The van der Waals surface area contributed by atoms with E-state index in [1.165, 1.54) is 16.3 Å². The summed E-state index contributed by atoms with van der Waals surface area (Å²) in [6, 6.07) is 14.6. The predicted molar refractivity (Wildman–Crippen MR) is 70.8 cm³/mol. The van der Waals surface area contributed by atoms with Crippen LogP contribution >= 0.6 is 0 Å². The van der Waals surface area contributed by atoms with Gasteiger partial charge in [0.05, 0.1) is 0 Å². The molecular weight excluding hydrogens is 210 g/mol. The fraction of sp³-hybridized carbons (Fsp3) is 0.143. The van der Waals surface area contributed by atoms with Crippen LogP contribution in [0.3, 0.4) is 0 Å². The molecule has 0 spiro atoms. The standard InChI is InChI=1S/C14H13N3/c15-17-16-11-4-3-7-13-9-5-8-12-6-1-2-10-14(12)13/h1-6,8-10H,7,11H2/b4-3+. The molecule has 0 fully saturated rings. The number of hydrogen-bond donors (Lipinski definition) is 0. The van der Waals surface area contributed by atoms with Gasteiger partial charge in [0.2, 0.25) is 0 Å². The molecular formula is C14H13N3. The van der Waals surface area contributed by atoms with E-state index >= 15 is 0 Å². The molecule has 0 aliphatic rings. The van der Waals surface area contributed by atoms with E-state index in [9.17, 15) is 0 Å². The van der Waals surface area contributed by atoms with Crippen molar-refractivity contribution in [2.75, 3.05) is 6.54 Å². The molecule has 0 N–H and O–H groups in total. The first-order chi connectivity index (χ1) is 8.42. The second kappa shape index (κ2) is 5.73. The van der Waals surface area contributed by atoms with Crippen LogP contribution in [0.2, 0.25) is 0 Å². The molecule has 2 rings (SSSR count). The van der Waals surface area contributed by atoms with Gasteiger partial charge < -0.3 is 0 Å². The lowest BCUT2D eigenvalue weighted by molar-refractivity contribution is 1.18. The number of benzene rings is 2. The maximum absolute atomic E-state index is 8.15. The van der Waals surface area contributed by atoms with E-state index in [4.69, 9.17) is 5.53 Å². The molecule has 17 heavy (non-hydrogen) atoms. The SMILES string of the molecule is [N-]=[N+]=NC/C=C/Cc1cccc2ccccc12. The van der Waals surface area contributed by atoms with Gasteiger partial charge in [-0.15, -0.1) is 0 Å². The quantitative estimate of drug-likeness (QED) is 0.322. The molecule has 0 radical (unpaired) electrons. The molecule has 0 aromatic heterocycles. The van der Waals surface area contributed by atoms with Gasteiger partial charge in [0.1, 0.15) is 0 Å². The Labute approximate surface area is 100 Å². The van der Waals surface area contributed by atoms with Crippen molar-refractivity contribution >= 4 is 10.8 Å². The van der Waals surface area contributed by atoms with Gasteiger partial charge in [-0.2, -0.15) is 0 Å². The lowest BCUT2D eigenvalue weighted by Gasteiger charge is -2.03. The highest BCUT2D eigenvalue weighted by Crippen LogP contribution is 2.18. The predicted octanol–water partition coefficient (Wildman–Crippen LogP) is 4.25. The topological polar surface area (TPSA) is 48.8 Å². The van der Waals surface area contributed by atoms with E-state index in [1.807, 2.05) is 18.2 Å². The zero-order valence-electron chi connectivity index (χ0n) is 9.45. The summed E-state index contributed by atoms with van der Waals surface area (Å²) in [5.74, 6) is 0. The maximum Gasteiger partial charge on any atom is 0.0440 e. The Hall–Kier alpha value is -2.25. The third-order valence-electron chi connectivity index (χ3n) is 2.63. The second-order valence-electron chi connectivity index (χ2n) is 3.73. The first-order valence-corrected chi connectivity index (χ1v) is 5.54. The van der Waals surface area contributed by atoms with Crippen LogP contribution in [0, 0.1) is 0 Å². The van der Waals surface area contributed by atoms with E-state index in [0.29, 0.717) is 6.54 Å². The Kier molecular flexibility index (Phi) is 3.79. The number of nitrogens with zero attached hydrogens (tertiary/aromatic N) is 3. The summed E-state index contributed by atoms with van der Waals surface area (Å²) in [7, 11) is 0. The summed E-state index contributed by atoms with van der Waals surface area (Å²) >= 11 is 0. The number of azide groups is 1. The molecule has 2 aromatic rings. The summed E-state index contributed by atoms with van der Waals surface area (Å²) in [6.45, 7) is 0.418. The molecule has 0 saturated heterocycles. The molecule has 0 saturated carbocycles. The molecule has 3 nitrogen and oxygen atoms in total. The highest BCUT2D eigenvalue weighted by atomic mass is 15.1. The second-order valence-corrected chi connectivity index (χ2v) is 3.73. The first-order valence-electron chi connectivity index (χ1n) is 5.54. The minimum atomic E-state index is 0.418. The van der Waals surface area contributed by atoms with Gasteiger partial charge in [-0.25, -0.2) is 0 Å². The molecule has 2 aromatic carbocycles. The molecule has 0 aliphatic heterocycles. The van der Waals surface area contributed by atoms with Gasteiger partial charge in [-0.1, -0.05) is 59.7 Å². The van der Waals surface area contributed by atoms with Crippen LogP contribution in [0.5, 0.6) is 0 Å². The molecule has 0 atom stereocenters. The van der Waals surface area contributed by atoms with Crippen LogP contribution in [-0.2, 0) is 6.42 Å². The highest BCUT2D eigenvalue weighted by molar-refractivity contribution is 5.85. The van der Waals surface area contributed by atoms with Crippen molar-refractivity contribution in [1.82, 2.24) is 0 Å². The third kappa shape index (κ3) is 2.86. The van der Waals surface area contributed by atoms with Crippen LogP contribution in [0.1, 0.15) is 5.56 Å². The smallest absolute Gasteiger partial charge is 0.0440 e. The molecule has 3 heteroatoms. The molecule has 0 unspecified atom stereocenters. The molecule has 84 valence electrons. The minimum Gasteiger partial charge on any atom is -0.0899 e. The maximum atomic E-state index is 8.15. The first kappa shape index (κ1) is 11.2. The zero-order chi connectivity index (χ0) is 11.9. The van der Waals surface area contributed by atoms with E-state index in [-0.39, 0.29) is 0 Å². The summed E-state index contributed by atoms with van der Waals surface area (Å²) < 4.78 is 0. The minimum absolute atomic E-state index is 0.418. The Balaban J connectivity index is 2.18. The monoisotopic (exact) mass is 223 g/mol. The Morgan fingerprint density at radius 3 is 2.76 bits per heavy atom. The summed E-state index contributed by atoms with van der Waals surface area (Å²) in [5.41, 5.74) is 9.44. The fourth-order valence-corrected chi connectivity index (χ4v) is 1.84. The summed E-state index contributed by atoms with van der Waals surface area (Å²) in [4.78, 5) is 2.70. The number of rotatable bonds is 4. The molecule has 0 amide bonds. The number of hydrogen-bond acceptors (Lipinski definition) is 1. The Bertz CT molecular complexity index is 576. The van der Waals surface area contributed by atoms with Gasteiger partial charge in [0.25, 0.3) is 0 Å². The largest absolute Gasteiger partial charge is 0.0899 e. The van der Waals surface area contributed by atoms with Gasteiger partial charge in [0.15, 0.2) is 0 Å². The van der Waals surface area contributed by atoms with Gasteiger partial charge in [-0.3, -0.25) is 0 Å². The lowest BCUT2D eigenvalue weighted by atomic mass is 10.0. The van der Waals surface area contributed by atoms with E-state index in [0.717, 1.165) is 6.42 Å². The van der Waals surface area contributed by atoms with Crippen molar-refractivity contribution in [3.63, 3.8) is 0 Å². The van der Waals surface area contributed by atoms with Crippen LogP contribution in [-0.4, -0.2) is 6.54 Å². The fourth-order valence-electron chi connectivity index (χ4n) is 1.84. The van der Waals surface area contributed by atoms with Crippen LogP contribution in [0.15, 0.2) is 59.7 Å². The van der Waals surface area contributed by atoms with Gasteiger partial charge >= 0.3 is 0 Å². The average molecular weight is 223 g/mol.